The first kappa shape index (κ1) is 11.4. The summed E-state index contributed by atoms with van der Waals surface area (Å²) in [5.74, 6) is -0.601. The Morgan fingerprint density at radius 1 is 1.41 bits per heavy atom. The molecule has 0 spiro atoms. The SMILES string of the molecule is Nc1cc(NS(=O)(=O)c2cn[nH]c2)ccc1F. The van der Waals surface area contributed by atoms with Gasteiger partial charge in [-0.1, -0.05) is 0 Å². The topological polar surface area (TPSA) is 101 Å². The van der Waals surface area contributed by atoms with E-state index in [-0.39, 0.29) is 16.3 Å². The van der Waals surface area contributed by atoms with Crippen molar-refractivity contribution in [3.63, 3.8) is 0 Å². The quantitative estimate of drug-likeness (QED) is 0.711. The second kappa shape index (κ2) is 4.06. The fraction of sp³-hybridized carbons (Fsp3) is 0. The van der Waals surface area contributed by atoms with Gasteiger partial charge in [-0.2, -0.15) is 5.10 Å². The van der Waals surface area contributed by atoms with E-state index in [2.05, 4.69) is 14.9 Å². The number of rotatable bonds is 3. The van der Waals surface area contributed by atoms with Crippen LogP contribution in [-0.4, -0.2) is 18.6 Å². The van der Waals surface area contributed by atoms with Gasteiger partial charge in [0.25, 0.3) is 10.0 Å². The molecule has 0 fully saturated rings. The van der Waals surface area contributed by atoms with Gasteiger partial charge in [0.2, 0.25) is 0 Å². The Balaban J connectivity index is 2.30. The highest BCUT2D eigenvalue weighted by Crippen LogP contribution is 2.19. The minimum absolute atomic E-state index is 0.0135. The molecule has 0 aliphatic carbocycles. The number of H-pyrrole nitrogens is 1. The molecule has 90 valence electrons. The van der Waals surface area contributed by atoms with Gasteiger partial charge in [0.15, 0.2) is 0 Å². The van der Waals surface area contributed by atoms with E-state index in [0.717, 1.165) is 12.3 Å². The average molecular weight is 256 g/mol. The highest BCUT2D eigenvalue weighted by molar-refractivity contribution is 7.92. The van der Waals surface area contributed by atoms with E-state index in [4.69, 9.17) is 5.73 Å². The summed E-state index contributed by atoms with van der Waals surface area (Å²) in [6.07, 6.45) is 2.39. The first-order valence-electron chi connectivity index (χ1n) is 4.56. The Labute approximate surface area is 96.7 Å². The lowest BCUT2D eigenvalue weighted by molar-refractivity contribution is 0.601. The second-order valence-electron chi connectivity index (χ2n) is 3.28. The van der Waals surface area contributed by atoms with Gasteiger partial charge in [0.05, 0.1) is 17.6 Å². The van der Waals surface area contributed by atoms with Crippen molar-refractivity contribution in [1.29, 1.82) is 0 Å². The van der Waals surface area contributed by atoms with Crippen LogP contribution in [0.4, 0.5) is 15.8 Å². The third kappa shape index (κ3) is 2.36. The van der Waals surface area contributed by atoms with Crippen LogP contribution in [0.5, 0.6) is 0 Å². The lowest BCUT2D eigenvalue weighted by Gasteiger charge is -2.06. The largest absolute Gasteiger partial charge is 0.396 e. The summed E-state index contributed by atoms with van der Waals surface area (Å²) in [5, 5.41) is 5.92. The molecule has 6 nitrogen and oxygen atoms in total. The van der Waals surface area contributed by atoms with Gasteiger partial charge in [0.1, 0.15) is 10.7 Å². The standard InChI is InChI=1S/C9H9FN4O2S/c10-8-2-1-6(3-9(8)11)14-17(15,16)7-4-12-13-5-7/h1-5,14H,11H2,(H,12,13). The van der Waals surface area contributed by atoms with E-state index in [1.165, 1.54) is 18.3 Å². The van der Waals surface area contributed by atoms with E-state index >= 15 is 0 Å². The van der Waals surface area contributed by atoms with Gasteiger partial charge in [-0.3, -0.25) is 9.82 Å². The van der Waals surface area contributed by atoms with E-state index in [9.17, 15) is 12.8 Å². The fourth-order valence-electron chi connectivity index (χ4n) is 1.21. The number of halogens is 1. The van der Waals surface area contributed by atoms with Crippen molar-refractivity contribution < 1.29 is 12.8 Å². The number of nitrogens with two attached hydrogens (primary N) is 1. The molecule has 0 amide bonds. The van der Waals surface area contributed by atoms with Crippen molar-refractivity contribution in [2.45, 2.75) is 4.90 Å². The number of hydrogen-bond donors (Lipinski definition) is 3. The van der Waals surface area contributed by atoms with Crippen LogP contribution in [0.2, 0.25) is 0 Å². The van der Waals surface area contributed by atoms with Gasteiger partial charge in [-0.05, 0) is 18.2 Å². The van der Waals surface area contributed by atoms with Gasteiger partial charge in [-0.25, -0.2) is 12.8 Å². The maximum Gasteiger partial charge on any atom is 0.265 e. The molecular weight excluding hydrogens is 247 g/mol. The first-order chi connectivity index (χ1) is 7.99. The van der Waals surface area contributed by atoms with E-state index < -0.39 is 15.8 Å². The summed E-state index contributed by atoms with van der Waals surface area (Å²) in [6.45, 7) is 0. The van der Waals surface area contributed by atoms with Gasteiger partial charge in [0, 0.05) is 6.20 Å². The number of hydrogen-bond acceptors (Lipinski definition) is 4. The van der Waals surface area contributed by atoms with Crippen molar-refractivity contribution in [2.24, 2.45) is 0 Å². The number of benzene rings is 1. The Hall–Kier alpha value is -2.09. The number of nitrogens with one attached hydrogen (secondary N) is 2. The van der Waals surface area contributed by atoms with E-state index in [1.807, 2.05) is 0 Å². The third-order valence-corrected chi connectivity index (χ3v) is 3.38. The summed E-state index contributed by atoms with van der Waals surface area (Å²) in [6, 6.07) is 3.57. The maximum atomic E-state index is 12.9. The average Bonchev–Trinajstić information content (AvgIpc) is 2.77. The zero-order valence-electron chi connectivity index (χ0n) is 8.51. The van der Waals surface area contributed by atoms with Crippen molar-refractivity contribution >= 4 is 21.4 Å². The summed E-state index contributed by atoms with van der Waals surface area (Å²) in [4.78, 5) is -0.0135. The third-order valence-electron chi connectivity index (χ3n) is 2.03. The van der Waals surface area contributed by atoms with Crippen LogP contribution in [0.3, 0.4) is 0 Å². The van der Waals surface area contributed by atoms with Gasteiger partial charge < -0.3 is 5.73 Å². The summed E-state index contributed by atoms with van der Waals surface area (Å²) in [7, 11) is -3.72. The molecule has 0 unspecified atom stereocenters. The highest BCUT2D eigenvalue weighted by atomic mass is 32.2. The van der Waals surface area contributed by atoms with Crippen LogP contribution in [0.1, 0.15) is 0 Å². The molecule has 1 heterocycles. The molecule has 0 saturated carbocycles. The molecule has 8 heteroatoms. The van der Waals surface area contributed by atoms with Crippen LogP contribution < -0.4 is 10.5 Å². The molecular formula is C9H9FN4O2S. The van der Waals surface area contributed by atoms with Crippen molar-refractivity contribution in [3.8, 4) is 0 Å². The second-order valence-corrected chi connectivity index (χ2v) is 4.96. The van der Waals surface area contributed by atoms with Crippen molar-refractivity contribution in [3.05, 3.63) is 36.4 Å². The lowest BCUT2D eigenvalue weighted by Crippen LogP contribution is -2.12. The van der Waals surface area contributed by atoms with Crippen molar-refractivity contribution in [2.75, 3.05) is 10.5 Å². The zero-order chi connectivity index (χ0) is 12.5. The molecule has 1 aromatic carbocycles. The molecule has 17 heavy (non-hydrogen) atoms. The Morgan fingerprint density at radius 3 is 2.76 bits per heavy atom. The minimum Gasteiger partial charge on any atom is -0.396 e. The zero-order valence-corrected chi connectivity index (χ0v) is 9.33. The summed E-state index contributed by atoms with van der Waals surface area (Å²) in [5.41, 5.74) is 5.39. The molecule has 0 bridgehead atoms. The smallest absolute Gasteiger partial charge is 0.265 e. The molecule has 0 atom stereocenters. The Morgan fingerprint density at radius 2 is 2.18 bits per heavy atom. The minimum atomic E-state index is -3.72. The molecule has 0 saturated heterocycles. The number of nitrogen functional groups attached to an aromatic ring is 1. The maximum absolute atomic E-state index is 12.9. The predicted octanol–water partition coefficient (Wildman–Crippen LogP) is 0.932. The molecule has 1 aromatic heterocycles. The molecule has 0 aliphatic heterocycles. The monoisotopic (exact) mass is 256 g/mol. The van der Waals surface area contributed by atoms with Crippen LogP contribution in [0.15, 0.2) is 35.5 Å². The summed E-state index contributed by atoms with van der Waals surface area (Å²) < 4.78 is 38.6. The van der Waals surface area contributed by atoms with Crippen LogP contribution in [0.25, 0.3) is 0 Å². The highest BCUT2D eigenvalue weighted by Gasteiger charge is 2.15. The number of aromatic amines is 1. The van der Waals surface area contributed by atoms with Crippen LogP contribution in [-0.2, 0) is 10.0 Å². The van der Waals surface area contributed by atoms with Gasteiger partial charge in [-0.15, -0.1) is 0 Å². The van der Waals surface area contributed by atoms with E-state index in [0.29, 0.717) is 0 Å². The van der Waals surface area contributed by atoms with Crippen molar-refractivity contribution in [1.82, 2.24) is 10.2 Å². The molecule has 2 aromatic rings. The lowest BCUT2D eigenvalue weighted by atomic mass is 10.3. The predicted molar refractivity (Wildman–Crippen MR) is 60.2 cm³/mol. The molecule has 4 N–H and O–H groups in total. The van der Waals surface area contributed by atoms with E-state index in [1.54, 1.807) is 0 Å². The number of sulfonamides is 1. The molecule has 0 radical (unpaired) electrons. The molecule has 2 rings (SSSR count). The number of anilines is 2. The van der Waals surface area contributed by atoms with Crippen LogP contribution >= 0.6 is 0 Å². The number of aromatic nitrogens is 2. The Kier molecular flexibility index (Phi) is 2.72. The molecule has 0 aliphatic rings. The van der Waals surface area contributed by atoms with Gasteiger partial charge >= 0.3 is 0 Å². The first-order valence-corrected chi connectivity index (χ1v) is 6.04. The fourth-order valence-corrected chi connectivity index (χ4v) is 2.16. The number of nitrogens with zero attached hydrogens (tertiary/aromatic N) is 1. The Bertz CT molecular complexity index is 624. The van der Waals surface area contributed by atoms with Crippen LogP contribution in [0, 0.1) is 5.82 Å². The normalized spacial score (nSPS) is 11.4. The summed E-state index contributed by atoms with van der Waals surface area (Å²) >= 11 is 0.